The fourth-order valence-corrected chi connectivity index (χ4v) is 4.53. The molecule has 2 fully saturated rings. The maximum atomic E-state index is 13.2. The number of piperazine rings is 1. The van der Waals surface area contributed by atoms with Crippen molar-refractivity contribution in [3.05, 3.63) is 11.3 Å². The molecule has 2 amide bonds. The molecule has 2 aliphatic heterocycles. The zero-order chi connectivity index (χ0) is 21.1. The number of carbonyl (C=O) groups is 2. The molecule has 8 heteroatoms. The van der Waals surface area contributed by atoms with Gasteiger partial charge in [0, 0.05) is 43.7 Å². The summed E-state index contributed by atoms with van der Waals surface area (Å²) in [6, 6.07) is -0.104. The van der Waals surface area contributed by atoms with E-state index in [1.54, 1.807) is 0 Å². The summed E-state index contributed by atoms with van der Waals surface area (Å²) in [6.45, 7) is 13.0. The van der Waals surface area contributed by atoms with E-state index in [0.717, 1.165) is 18.4 Å². The van der Waals surface area contributed by atoms with Gasteiger partial charge in [-0.15, -0.1) is 0 Å². The van der Waals surface area contributed by atoms with Crippen LogP contribution < -0.4 is 10.6 Å². The molecule has 1 atom stereocenters. The predicted molar refractivity (Wildman–Crippen MR) is 111 cm³/mol. The summed E-state index contributed by atoms with van der Waals surface area (Å²) in [4.78, 5) is 40.6. The Morgan fingerprint density at radius 1 is 1.10 bits per heavy atom. The Balaban J connectivity index is 1.61. The Labute approximate surface area is 172 Å². The molecule has 1 saturated carbocycles. The Bertz CT molecular complexity index is 834. The first-order chi connectivity index (χ1) is 13.6. The van der Waals surface area contributed by atoms with E-state index in [2.05, 4.69) is 30.7 Å². The molecule has 29 heavy (non-hydrogen) atoms. The van der Waals surface area contributed by atoms with E-state index in [0.29, 0.717) is 43.6 Å². The average molecular weight is 401 g/mol. The number of amides is 2. The Morgan fingerprint density at radius 3 is 2.24 bits per heavy atom. The SMILES string of the molecule is CC(C)N1C(=O)c2nc(N3CCN(C(=O)C4CC4)CC3)nc(N)c2C1C(C)(C)C. The van der Waals surface area contributed by atoms with Gasteiger partial charge in [0.05, 0.1) is 6.04 Å². The highest BCUT2D eigenvalue weighted by molar-refractivity contribution is 5.99. The summed E-state index contributed by atoms with van der Waals surface area (Å²) < 4.78 is 0. The molecule has 1 unspecified atom stereocenters. The summed E-state index contributed by atoms with van der Waals surface area (Å²) in [5.41, 5.74) is 7.39. The number of rotatable bonds is 3. The fraction of sp³-hybridized carbons (Fsp3) is 0.714. The summed E-state index contributed by atoms with van der Waals surface area (Å²) in [5.74, 6) is 1.31. The van der Waals surface area contributed by atoms with Crippen LogP contribution in [0.25, 0.3) is 0 Å². The lowest BCUT2D eigenvalue weighted by molar-refractivity contribution is -0.132. The van der Waals surface area contributed by atoms with E-state index in [1.807, 2.05) is 28.5 Å². The van der Waals surface area contributed by atoms with Crippen molar-refractivity contribution in [1.29, 1.82) is 0 Å². The number of anilines is 2. The summed E-state index contributed by atoms with van der Waals surface area (Å²) in [5, 5.41) is 0. The summed E-state index contributed by atoms with van der Waals surface area (Å²) in [7, 11) is 0. The van der Waals surface area contributed by atoms with Crippen molar-refractivity contribution in [2.75, 3.05) is 36.8 Å². The first kappa shape index (κ1) is 19.9. The second kappa shape index (κ2) is 6.85. The zero-order valence-corrected chi connectivity index (χ0v) is 18.1. The Hall–Kier alpha value is -2.38. The van der Waals surface area contributed by atoms with E-state index in [-0.39, 0.29) is 35.2 Å². The minimum Gasteiger partial charge on any atom is -0.383 e. The van der Waals surface area contributed by atoms with Gasteiger partial charge in [-0.2, -0.15) is 4.98 Å². The van der Waals surface area contributed by atoms with Gasteiger partial charge in [-0.1, -0.05) is 20.8 Å². The van der Waals surface area contributed by atoms with Gasteiger partial charge in [0.1, 0.15) is 11.5 Å². The van der Waals surface area contributed by atoms with E-state index in [9.17, 15) is 9.59 Å². The minimum atomic E-state index is -0.182. The van der Waals surface area contributed by atoms with E-state index in [4.69, 9.17) is 5.73 Å². The second-order valence-corrected chi connectivity index (χ2v) is 9.83. The van der Waals surface area contributed by atoms with Crippen LogP contribution in [0.2, 0.25) is 0 Å². The van der Waals surface area contributed by atoms with Gasteiger partial charge in [-0.25, -0.2) is 4.98 Å². The van der Waals surface area contributed by atoms with Crippen LogP contribution >= 0.6 is 0 Å². The van der Waals surface area contributed by atoms with Gasteiger partial charge in [0.15, 0.2) is 0 Å². The molecule has 4 rings (SSSR count). The number of nitrogen functional groups attached to an aromatic ring is 1. The molecule has 0 radical (unpaired) electrons. The van der Waals surface area contributed by atoms with Gasteiger partial charge in [0.2, 0.25) is 11.9 Å². The number of carbonyl (C=O) groups excluding carboxylic acids is 2. The highest BCUT2D eigenvalue weighted by atomic mass is 16.2. The van der Waals surface area contributed by atoms with Crippen LogP contribution in [0.1, 0.15) is 69.6 Å². The van der Waals surface area contributed by atoms with Gasteiger partial charge >= 0.3 is 0 Å². The highest BCUT2D eigenvalue weighted by Gasteiger charge is 2.47. The van der Waals surface area contributed by atoms with Gasteiger partial charge in [-0.3, -0.25) is 9.59 Å². The van der Waals surface area contributed by atoms with Crippen LogP contribution in [0.3, 0.4) is 0 Å². The maximum absolute atomic E-state index is 13.2. The zero-order valence-electron chi connectivity index (χ0n) is 18.1. The number of nitrogens with two attached hydrogens (primary N) is 1. The quantitative estimate of drug-likeness (QED) is 0.834. The molecule has 1 aliphatic carbocycles. The molecule has 0 spiro atoms. The normalized spacial score (nSPS) is 22.5. The van der Waals surface area contributed by atoms with E-state index < -0.39 is 0 Å². The molecule has 1 aromatic rings. The third-order valence-electron chi connectivity index (χ3n) is 6.13. The number of hydrogen-bond acceptors (Lipinski definition) is 6. The lowest BCUT2D eigenvalue weighted by Gasteiger charge is -2.38. The van der Waals surface area contributed by atoms with Crippen molar-refractivity contribution in [1.82, 2.24) is 19.8 Å². The monoisotopic (exact) mass is 400 g/mol. The molecule has 2 N–H and O–H groups in total. The average Bonchev–Trinajstić information content (AvgIpc) is 3.44. The molecular weight excluding hydrogens is 368 g/mol. The van der Waals surface area contributed by atoms with Crippen molar-refractivity contribution in [3.63, 3.8) is 0 Å². The standard InChI is InChI=1S/C21H32N6O2/c1-12(2)27-16(21(3,4)5)14-15(19(27)29)23-20(24-17(14)22)26-10-8-25(9-11-26)18(28)13-6-7-13/h12-13,16H,6-11H2,1-5H3,(H2,22,23,24). The van der Waals surface area contributed by atoms with Crippen LogP contribution in [-0.4, -0.2) is 63.8 Å². The number of aromatic nitrogens is 2. The first-order valence-corrected chi connectivity index (χ1v) is 10.6. The van der Waals surface area contributed by atoms with Crippen molar-refractivity contribution in [2.24, 2.45) is 11.3 Å². The lowest BCUT2D eigenvalue weighted by Crippen LogP contribution is -2.49. The van der Waals surface area contributed by atoms with Crippen LogP contribution in [0, 0.1) is 11.3 Å². The predicted octanol–water partition coefficient (Wildman–Crippen LogP) is 2.07. The number of hydrogen-bond donors (Lipinski definition) is 1. The second-order valence-electron chi connectivity index (χ2n) is 9.83. The molecule has 158 valence electrons. The lowest BCUT2D eigenvalue weighted by atomic mass is 9.82. The smallest absolute Gasteiger partial charge is 0.273 e. The van der Waals surface area contributed by atoms with Crippen LogP contribution in [-0.2, 0) is 4.79 Å². The van der Waals surface area contributed by atoms with Crippen molar-refractivity contribution >= 4 is 23.6 Å². The van der Waals surface area contributed by atoms with Crippen LogP contribution in [0.4, 0.5) is 11.8 Å². The largest absolute Gasteiger partial charge is 0.383 e. The molecule has 1 saturated heterocycles. The van der Waals surface area contributed by atoms with Gasteiger partial charge in [-0.05, 0) is 32.1 Å². The topological polar surface area (TPSA) is 95.7 Å². The molecule has 0 bridgehead atoms. The molecule has 3 heterocycles. The summed E-state index contributed by atoms with van der Waals surface area (Å²) >= 11 is 0. The highest BCUT2D eigenvalue weighted by Crippen LogP contribution is 2.47. The van der Waals surface area contributed by atoms with Crippen LogP contribution in [0.5, 0.6) is 0 Å². The molecule has 8 nitrogen and oxygen atoms in total. The van der Waals surface area contributed by atoms with Gasteiger partial charge in [0.25, 0.3) is 5.91 Å². The Kier molecular flexibility index (Phi) is 4.70. The van der Waals surface area contributed by atoms with E-state index >= 15 is 0 Å². The van der Waals surface area contributed by atoms with Crippen molar-refractivity contribution < 1.29 is 9.59 Å². The number of nitrogens with zero attached hydrogens (tertiary/aromatic N) is 5. The summed E-state index contributed by atoms with van der Waals surface area (Å²) in [6.07, 6.45) is 2.04. The first-order valence-electron chi connectivity index (χ1n) is 10.6. The molecule has 1 aromatic heterocycles. The Morgan fingerprint density at radius 2 is 1.72 bits per heavy atom. The molecule has 0 aromatic carbocycles. The fourth-order valence-electron chi connectivity index (χ4n) is 4.53. The molecule has 3 aliphatic rings. The van der Waals surface area contributed by atoms with E-state index in [1.165, 1.54) is 0 Å². The van der Waals surface area contributed by atoms with Gasteiger partial charge < -0.3 is 20.4 Å². The maximum Gasteiger partial charge on any atom is 0.273 e. The minimum absolute atomic E-state index is 0.0424. The molecular formula is C21H32N6O2. The third-order valence-corrected chi connectivity index (χ3v) is 6.13. The van der Waals surface area contributed by atoms with Crippen molar-refractivity contribution in [2.45, 2.75) is 59.5 Å². The number of fused-ring (bicyclic) bond motifs is 1. The third kappa shape index (κ3) is 3.42. The van der Waals surface area contributed by atoms with Crippen LogP contribution in [0.15, 0.2) is 0 Å². The van der Waals surface area contributed by atoms with Crippen molar-refractivity contribution in [3.8, 4) is 0 Å².